The van der Waals surface area contributed by atoms with Crippen LogP contribution in [0.15, 0.2) is 73.1 Å². The first-order valence-electron chi connectivity index (χ1n) is 8.36. The summed E-state index contributed by atoms with van der Waals surface area (Å²) >= 11 is 6.37. The number of pyridine rings is 2. The summed E-state index contributed by atoms with van der Waals surface area (Å²) in [6.07, 6.45) is 3.31. The van der Waals surface area contributed by atoms with Crippen molar-refractivity contribution in [3.8, 4) is 11.5 Å². The maximum Gasteiger partial charge on any atom is 0.147 e. The molecular formula is C21H16ClN3O2. The van der Waals surface area contributed by atoms with Gasteiger partial charge < -0.3 is 15.5 Å². The molecule has 0 saturated carbocycles. The monoisotopic (exact) mass is 377 g/mol. The zero-order chi connectivity index (χ0) is 18.8. The van der Waals surface area contributed by atoms with Crippen LogP contribution in [-0.4, -0.2) is 20.2 Å². The molecule has 0 aliphatic heterocycles. The Morgan fingerprint density at radius 3 is 2.48 bits per heavy atom. The lowest BCUT2D eigenvalue weighted by molar-refractivity contribution is 0.469. The van der Waals surface area contributed by atoms with Crippen molar-refractivity contribution >= 4 is 28.3 Å². The second-order valence-corrected chi connectivity index (χ2v) is 6.43. The van der Waals surface area contributed by atoms with Gasteiger partial charge in [0.2, 0.25) is 0 Å². The third-order valence-electron chi connectivity index (χ3n) is 4.37. The molecule has 0 bridgehead atoms. The summed E-state index contributed by atoms with van der Waals surface area (Å²) in [7, 11) is 0. The molecule has 4 rings (SSSR count). The molecule has 0 fully saturated rings. The SMILES string of the molecule is Oc1cccc([C@@H](Nc2ccccn2)c2ccc3cccnc3c2O)c1Cl. The minimum Gasteiger partial charge on any atom is -0.506 e. The number of rotatable bonds is 4. The first-order valence-corrected chi connectivity index (χ1v) is 8.74. The van der Waals surface area contributed by atoms with Gasteiger partial charge in [-0.25, -0.2) is 4.98 Å². The molecule has 4 aromatic rings. The smallest absolute Gasteiger partial charge is 0.147 e. The number of fused-ring (bicyclic) bond motifs is 1. The van der Waals surface area contributed by atoms with Crippen molar-refractivity contribution in [2.45, 2.75) is 6.04 Å². The van der Waals surface area contributed by atoms with Gasteiger partial charge in [0.1, 0.15) is 22.8 Å². The number of nitrogens with zero attached hydrogens (tertiary/aromatic N) is 2. The summed E-state index contributed by atoms with van der Waals surface area (Å²) in [4.78, 5) is 8.59. The minimum absolute atomic E-state index is 0.0274. The lowest BCUT2D eigenvalue weighted by Gasteiger charge is -2.23. The van der Waals surface area contributed by atoms with E-state index < -0.39 is 6.04 Å². The number of hydrogen-bond donors (Lipinski definition) is 3. The molecule has 0 spiro atoms. The van der Waals surface area contributed by atoms with Gasteiger partial charge >= 0.3 is 0 Å². The summed E-state index contributed by atoms with van der Waals surface area (Å²) < 4.78 is 0. The van der Waals surface area contributed by atoms with Crippen molar-refractivity contribution in [1.29, 1.82) is 0 Å². The number of phenols is 2. The molecule has 27 heavy (non-hydrogen) atoms. The Morgan fingerprint density at radius 2 is 1.67 bits per heavy atom. The number of anilines is 1. The maximum absolute atomic E-state index is 10.9. The van der Waals surface area contributed by atoms with Gasteiger partial charge in [0, 0.05) is 28.9 Å². The van der Waals surface area contributed by atoms with E-state index in [0.717, 1.165) is 5.39 Å². The average Bonchev–Trinajstić information content (AvgIpc) is 2.70. The summed E-state index contributed by atoms with van der Waals surface area (Å²) in [6, 6.07) is 17.4. The number of aromatic hydroxyl groups is 2. The molecule has 0 aliphatic carbocycles. The van der Waals surface area contributed by atoms with Crippen molar-refractivity contribution < 1.29 is 10.2 Å². The molecule has 0 amide bonds. The highest BCUT2D eigenvalue weighted by Crippen LogP contribution is 2.40. The van der Waals surface area contributed by atoms with E-state index in [2.05, 4.69) is 15.3 Å². The standard InChI is InChI=1S/C21H16ClN3O2/c22-18-14(6-3-7-16(18)26)20(25-17-8-1-2-11-23-17)15-10-9-13-5-4-12-24-19(13)21(15)27/h1-12,20,26-27H,(H,23,25)/t20-/m1/s1. The number of aromatic nitrogens is 2. The topological polar surface area (TPSA) is 78.3 Å². The Labute approximate surface area is 160 Å². The largest absolute Gasteiger partial charge is 0.506 e. The minimum atomic E-state index is -0.536. The molecule has 0 saturated heterocycles. The molecule has 0 unspecified atom stereocenters. The molecule has 2 aromatic heterocycles. The lowest BCUT2D eigenvalue weighted by atomic mass is 9.96. The first-order chi connectivity index (χ1) is 13.1. The molecule has 2 aromatic carbocycles. The van der Waals surface area contributed by atoms with E-state index in [1.165, 1.54) is 6.07 Å². The van der Waals surface area contributed by atoms with Gasteiger partial charge in [-0.1, -0.05) is 48.0 Å². The van der Waals surface area contributed by atoms with Crippen molar-refractivity contribution in [3.63, 3.8) is 0 Å². The summed E-state index contributed by atoms with van der Waals surface area (Å²) in [5.41, 5.74) is 1.70. The van der Waals surface area contributed by atoms with Crippen molar-refractivity contribution in [2.75, 3.05) is 5.32 Å². The van der Waals surface area contributed by atoms with Crippen LogP contribution < -0.4 is 5.32 Å². The van der Waals surface area contributed by atoms with Crippen LogP contribution in [0.2, 0.25) is 5.02 Å². The second-order valence-electron chi connectivity index (χ2n) is 6.05. The van der Waals surface area contributed by atoms with Crippen LogP contribution in [0.3, 0.4) is 0 Å². The number of phenolic OH excluding ortho intramolecular Hbond substituents is 2. The van der Waals surface area contributed by atoms with E-state index in [1.54, 1.807) is 24.5 Å². The Kier molecular flexibility index (Phi) is 4.52. The van der Waals surface area contributed by atoms with Gasteiger partial charge in [-0.3, -0.25) is 4.98 Å². The fraction of sp³-hybridized carbons (Fsp3) is 0.0476. The van der Waals surface area contributed by atoms with E-state index in [4.69, 9.17) is 11.6 Å². The third kappa shape index (κ3) is 3.25. The van der Waals surface area contributed by atoms with Gasteiger partial charge in [0.05, 0.1) is 11.1 Å². The van der Waals surface area contributed by atoms with Gasteiger partial charge in [-0.05, 0) is 24.3 Å². The van der Waals surface area contributed by atoms with Gasteiger partial charge in [-0.2, -0.15) is 0 Å². The Balaban J connectivity index is 1.90. The number of hydrogen-bond acceptors (Lipinski definition) is 5. The third-order valence-corrected chi connectivity index (χ3v) is 4.78. The fourth-order valence-corrected chi connectivity index (χ4v) is 3.29. The molecule has 0 radical (unpaired) electrons. The summed E-state index contributed by atoms with van der Waals surface area (Å²) in [5, 5.41) is 25.3. The molecule has 0 aliphatic rings. The lowest BCUT2D eigenvalue weighted by Crippen LogP contribution is -2.14. The second kappa shape index (κ2) is 7.13. The van der Waals surface area contributed by atoms with Gasteiger partial charge in [0.15, 0.2) is 0 Å². The Morgan fingerprint density at radius 1 is 0.815 bits per heavy atom. The van der Waals surface area contributed by atoms with Crippen LogP contribution in [0.4, 0.5) is 5.82 Å². The van der Waals surface area contributed by atoms with Crippen LogP contribution in [0.5, 0.6) is 11.5 Å². The van der Waals surface area contributed by atoms with E-state index >= 15 is 0 Å². The molecule has 1 atom stereocenters. The van der Waals surface area contributed by atoms with Gasteiger partial charge in [-0.15, -0.1) is 0 Å². The zero-order valence-electron chi connectivity index (χ0n) is 14.2. The highest BCUT2D eigenvalue weighted by atomic mass is 35.5. The van der Waals surface area contributed by atoms with Gasteiger partial charge in [0.25, 0.3) is 0 Å². The summed E-state index contributed by atoms with van der Waals surface area (Å²) in [6.45, 7) is 0. The van der Waals surface area contributed by atoms with Crippen molar-refractivity contribution in [3.05, 3.63) is 89.2 Å². The van der Waals surface area contributed by atoms with Crippen LogP contribution in [0.1, 0.15) is 17.2 Å². The fourth-order valence-electron chi connectivity index (χ4n) is 3.06. The first kappa shape index (κ1) is 17.1. The highest BCUT2D eigenvalue weighted by molar-refractivity contribution is 6.32. The average molecular weight is 378 g/mol. The molecule has 134 valence electrons. The van der Waals surface area contributed by atoms with Crippen LogP contribution >= 0.6 is 11.6 Å². The molecular weight excluding hydrogens is 362 g/mol. The Hall–Kier alpha value is -3.31. The number of nitrogens with one attached hydrogen (secondary N) is 1. The van der Waals surface area contributed by atoms with Crippen LogP contribution in [0, 0.1) is 0 Å². The van der Waals surface area contributed by atoms with E-state index in [9.17, 15) is 10.2 Å². The normalized spacial score (nSPS) is 12.0. The van der Waals surface area contributed by atoms with E-state index in [0.29, 0.717) is 22.5 Å². The zero-order valence-corrected chi connectivity index (χ0v) is 14.9. The van der Waals surface area contributed by atoms with E-state index in [-0.39, 0.29) is 16.5 Å². The quantitative estimate of drug-likeness (QED) is 0.471. The van der Waals surface area contributed by atoms with E-state index in [1.807, 2.05) is 42.5 Å². The van der Waals surface area contributed by atoms with Crippen molar-refractivity contribution in [2.24, 2.45) is 0 Å². The predicted molar refractivity (Wildman–Crippen MR) is 106 cm³/mol. The molecule has 3 N–H and O–H groups in total. The summed E-state index contributed by atoms with van der Waals surface area (Å²) in [5.74, 6) is 0.642. The van der Waals surface area contributed by atoms with Crippen LogP contribution in [-0.2, 0) is 0 Å². The van der Waals surface area contributed by atoms with Crippen LogP contribution in [0.25, 0.3) is 10.9 Å². The maximum atomic E-state index is 10.9. The molecule has 6 heteroatoms. The number of halogens is 1. The molecule has 5 nitrogen and oxygen atoms in total. The predicted octanol–water partition coefficient (Wildman–Crippen LogP) is 4.90. The number of benzene rings is 2. The highest BCUT2D eigenvalue weighted by Gasteiger charge is 2.23. The Bertz CT molecular complexity index is 1100. The molecule has 2 heterocycles. The van der Waals surface area contributed by atoms with Crippen molar-refractivity contribution in [1.82, 2.24) is 9.97 Å².